The van der Waals surface area contributed by atoms with Crippen LogP contribution in [0, 0.1) is 0 Å². The van der Waals surface area contributed by atoms with Gasteiger partial charge in [-0.3, -0.25) is 19.4 Å². The molecule has 0 rings (SSSR count). The molecular weight excluding hydrogens is 334 g/mol. The fourth-order valence-electron chi connectivity index (χ4n) is 1.75. The van der Waals surface area contributed by atoms with Gasteiger partial charge in [-0.25, -0.2) is 4.79 Å². The average molecular weight is 359 g/mol. The van der Waals surface area contributed by atoms with Gasteiger partial charge in [-0.1, -0.05) is 0 Å². The van der Waals surface area contributed by atoms with E-state index >= 15 is 0 Å². The first-order valence-electron chi connectivity index (χ1n) is 7.47. The first kappa shape index (κ1) is 22.1. The minimum Gasteiger partial charge on any atom is -0.480 e. The lowest BCUT2D eigenvalue weighted by Gasteiger charge is -2.19. The van der Waals surface area contributed by atoms with E-state index in [0.29, 0.717) is 6.42 Å². The van der Waals surface area contributed by atoms with Crippen molar-refractivity contribution in [1.82, 2.24) is 10.6 Å². The lowest BCUT2D eigenvalue weighted by atomic mass is 10.1. The van der Waals surface area contributed by atoms with Crippen molar-refractivity contribution < 1.29 is 24.3 Å². The zero-order chi connectivity index (χ0) is 19.6. The number of primary amides is 1. The molecule has 0 fully saturated rings. The van der Waals surface area contributed by atoms with Gasteiger partial charge in [-0.05, 0) is 19.8 Å². The van der Waals surface area contributed by atoms with E-state index in [-0.39, 0.29) is 25.3 Å². The quantitative estimate of drug-likeness (QED) is 0.110. The SMILES string of the molecule is C[C@H](NC(=O)[C@@H](N)CC(N)=O)C(=O)N[C@@H](CCCN=C(N)N)C(=O)O. The standard InChI is InChI=1S/C13H25N7O5/c1-6(19-11(23)7(14)5-9(15)21)10(22)20-8(12(24)25)3-2-4-18-13(16)17/h6-8H,2-5,14H2,1H3,(H2,15,21)(H,19,23)(H,20,22)(H,24,25)(H4,16,17,18)/t6-,7-,8-/m0/s1. The highest BCUT2D eigenvalue weighted by Crippen LogP contribution is 2.00. The van der Waals surface area contributed by atoms with Gasteiger partial charge >= 0.3 is 5.97 Å². The Kier molecular flexibility index (Phi) is 9.56. The zero-order valence-electron chi connectivity index (χ0n) is 13.9. The molecule has 0 aliphatic heterocycles. The predicted octanol–water partition coefficient (Wildman–Crippen LogP) is -3.68. The second-order valence-electron chi connectivity index (χ2n) is 5.36. The Balaban J connectivity index is 4.53. The first-order chi connectivity index (χ1) is 11.5. The maximum atomic E-state index is 12.0. The first-order valence-corrected chi connectivity index (χ1v) is 7.47. The summed E-state index contributed by atoms with van der Waals surface area (Å²) in [7, 11) is 0. The summed E-state index contributed by atoms with van der Waals surface area (Å²) in [6.45, 7) is 1.57. The second kappa shape index (κ2) is 10.8. The van der Waals surface area contributed by atoms with Crippen molar-refractivity contribution >= 4 is 29.7 Å². The summed E-state index contributed by atoms with van der Waals surface area (Å²) in [5.74, 6) is -3.57. The Morgan fingerprint density at radius 2 is 1.68 bits per heavy atom. The third kappa shape index (κ3) is 9.76. The minimum absolute atomic E-state index is 0.0969. The number of carboxylic acid groups (broad SMARTS) is 1. The number of amides is 3. The highest BCUT2D eigenvalue weighted by molar-refractivity contribution is 5.93. The van der Waals surface area contributed by atoms with Gasteiger partial charge in [0.05, 0.1) is 12.5 Å². The van der Waals surface area contributed by atoms with Gasteiger partial charge in [0.1, 0.15) is 12.1 Å². The molecule has 142 valence electrons. The third-order valence-electron chi connectivity index (χ3n) is 3.07. The monoisotopic (exact) mass is 359 g/mol. The van der Waals surface area contributed by atoms with Gasteiger partial charge in [-0.2, -0.15) is 0 Å². The van der Waals surface area contributed by atoms with Crippen LogP contribution < -0.4 is 33.6 Å². The summed E-state index contributed by atoms with van der Waals surface area (Å²) < 4.78 is 0. The molecule has 0 aromatic rings. The van der Waals surface area contributed by atoms with Crippen LogP contribution in [-0.4, -0.2) is 59.4 Å². The van der Waals surface area contributed by atoms with Crippen molar-refractivity contribution in [3.63, 3.8) is 0 Å². The molecule has 0 aliphatic carbocycles. The fourth-order valence-corrected chi connectivity index (χ4v) is 1.75. The number of aliphatic imine (C=N–C) groups is 1. The molecule has 0 spiro atoms. The minimum atomic E-state index is -1.23. The van der Waals surface area contributed by atoms with E-state index in [9.17, 15) is 19.2 Å². The number of nitrogens with one attached hydrogen (secondary N) is 2. The highest BCUT2D eigenvalue weighted by Gasteiger charge is 2.25. The number of nitrogens with two attached hydrogens (primary N) is 4. The van der Waals surface area contributed by atoms with E-state index in [1.807, 2.05) is 0 Å². The summed E-state index contributed by atoms with van der Waals surface area (Å²) >= 11 is 0. The Bertz CT molecular complexity index is 533. The summed E-state index contributed by atoms with van der Waals surface area (Å²) in [6, 6.07) is -3.41. The second-order valence-corrected chi connectivity index (χ2v) is 5.36. The molecule has 0 unspecified atom stereocenters. The van der Waals surface area contributed by atoms with Crippen LogP contribution in [0.2, 0.25) is 0 Å². The summed E-state index contributed by atoms with van der Waals surface area (Å²) in [4.78, 5) is 49.3. The number of hydrogen-bond donors (Lipinski definition) is 7. The summed E-state index contributed by atoms with van der Waals surface area (Å²) in [6.07, 6.45) is 0.0573. The zero-order valence-corrected chi connectivity index (χ0v) is 13.9. The summed E-state index contributed by atoms with van der Waals surface area (Å²) in [5, 5.41) is 13.7. The lowest BCUT2D eigenvalue weighted by molar-refractivity contribution is -0.142. The lowest BCUT2D eigenvalue weighted by Crippen LogP contribution is -2.53. The largest absolute Gasteiger partial charge is 0.480 e. The molecule has 11 N–H and O–H groups in total. The number of carbonyl (C=O) groups is 4. The number of rotatable bonds is 11. The highest BCUT2D eigenvalue weighted by atomic mass is 16.4. The van der Waals surface area contributed by atoms with Gasteiger partial charge in [0.15, 0.2) is 5.96 Å². The van der Waals surface area contributed by atoms with Crippen molar-refractivity contribution in [1.29, 1.82) is 0 Å². The smallest absolute Gasteiger partial charge is 0.326 e. The van der Waals surface area contributed by atoms with Crippen LogP contribution in [0.5, 0.6) is 0 Å². The molecular formula is C13H25N7O5. The van der Waals surface area contributed by atoms with Crippen molar-refractivity contribution in [2.75, 3.05) is 6.54 Å². The molecule has 12 nitrogen and oxygen atoms in total. The maximum absolute atomic E-state index is 12.0. The number of guanidine groups is 1. The van der Waals surface area contributed by atoms with Crippen LogP contribution in [0.3, 0.4) is 0 Å². The predicted molar refractivity (Wildman–Crippen MR) is 88.9 cm³/mol. The maximum Gasteiger partial charge on any atom is 0.326 e. The Morgan fingerprint density at radius 1 is 1.08 bits per heavy atom. The van der Waals surface area contributed by atoms with Crippen molar-refractivity contribution in [2.24, 2.45) is 27.9 Å². The number of carbonyl (C=O) groups excluding carboxylic acids is 3. The molecule has 25 heavy (non-hydrogen) atoms. The van der Waals surface area contributed by atoms with Crippen molar-refractivity contribution in [3.8, 4) is 0 Å². The van der Waals surface area contributed by atoms with Crippen LogP contribution in [0.25, 0.3) is 0 Å². The van der Waals surface area contributed by atoms with E-state index in [4.69, 9.17) is 28.0 Å². The van der Waals surface area contributed by atoms with Gasteiger partial charge in [0.25, 0.3) is 0 Å². The molecule has 0 saturated heterocycles. The van der Waals surface area contributed by atoms with Crippen molar-refractivity contribution in [3.05, 3.63) is 0 Å². The fraction of sp³-hybridized carbons (Fsp3) is 0.615. The van der Waals surface area contributed by atoms with E-state index in [1.165, 1.54) is 6.92 Å². The molecule has 0 aromatic heterocycles. The van der Waals surface area contributed by atoms with E-state index < -0.39 is 41.8 Å². The molecule has 3 atom stereocenters. The molecule has 3 amide bonds. The normalized spacial score (nSPS) is 13.8. The van der Waals surface area contributed by atoms with Gasteiger partial charge in [-0.15, -0.1) is 0 Å². The Labute approximate surface area is 144 Å². The van der Waals surface area contributed by atoms with Crippen LogP contribution in [0.1, 0.15) is 26.2 Å². The number of nitrogens with zero attached hydrogens (tertiary/aromatic N) is 1. The van der Waals surface area contributed by atoms with E-state index in [2.05, 4.69) is 15.6 Å². The van der Waals surface area contributed by atoms with E-state index in [1.54, 1.807) is 0 Å². The Hall–Kier alpha value is -2.89. The molecule has 0 radical (unpaired) electrons. The number of carboxylic acids is 1. The third-order valence-corrected chi connectivity index (χ3v) is 3.07. The average Bonchev–Trinajstić information content (AvgIpc) is 2.48. The van der Waals surface area contributed by atoms with E-state index in [0.717, 1.165) is 0 Å². The van der Waals surface area contributed by atoms with Crippen LogP contribution in [0.4, 0.5) is 0 Å². The van der Waals surface area contributed by atoms with Crippen LogP contribution in [-0.2, 0) is 19.2 Å². The summed E-state index contributed by atoms with van der Waals surface area (Å²) in [5.41, 5.74) is 20.7. The molecule has 0 aliphatic rings. The molecule has 0 bridgehead atoms. The van der Waals surface area contributed by atoms with Crippen molar-refractivity contribution in [2.45, 2.75) is 44.3 Å². The molecule has 0 heterocycles. The molecule has 12 heteroatoms. The molecule has 0 saturated carbocycles. The topological polar surface area (TPSA) is 229 Å². The van der Waals surface area contributed by atoms with Crippen LogP contribution >= 0.6 is 0 Å². The number of aliphatic carboxylic acids is 1. The van der Waals surface area contributed by atoms with Gasteiger partial charge < -0.3 is 38.7 Å². The molecule has 0 aromatic carbocycles. The van der Waals surface area contributed by atoms with Crippen LogP contribution in [0.15, 0.2) is 4.99 Å². The Morgan fingerprint density at radius 3 is 2.16 bits per heavy atom. The van der Waals surface area contributed by atoms with Gasteiger partial charge in [0, 0.05) is 6.54 Å². The van der Waals surface area contributed by atoms with Gasteiger partial charge in [0.2, 0.25) is 17.7 Å². The number of hydrogen-bond acceptors (Lipinski definition) is 6.